The number of hydrogen-bond donors (Lipinski definition) is 4. The first-order valence-corrected chi connectivity index (χ1v) is 5.43. The standard InChI is InChI=1S/C12H13N3O3/c16-10-3-8(4-11(17)5-10)12(18)14-2-1-9-6-13-7-15-9/h3-7,16-17H,1-2H2,(H,13,15)(H,14,18). The highest BCUT2D eigenvalue weighted by Gasteiger charge is 2.08. The molecular weight excluding hydrogens is 234 g/mol. The number of rotatable bonds is 4. The van der Waals surface area contributed by atoms with E-state index in [0.717, 1.165) is 5.69 Å². The van der Waals surface area contributed by atoms with Crippen molar-refractivity contribution in [2.75, 3.05) is 6.54 Å². The molecule has 0 saturated carbocycles. The maximum Gasteiger partial charge on any atom is 0.251 e. The van der Waals surface area contributed by atoms with E-state index in [9.17, 15) is 15.0 Å². The Labute approximate surface area is 103 Å². The van der Waals surface area contributed by atoms with Crippen molar-refractivity contribution in [1.29, 1.82) is 0 Å². The number of aromatic hydroxyl groups is 2. The first-order chi connectivity index (χ1) is 8.65. The molecule has 1 heterocycles. The fourth-order valence-electron chi connectivity index (χ4n) is 1.56. The first-order valence-electron chi connectivity index (χ1n) is 5.43. The molecule has 4 N–H and O–H groups in total. The number of phenols is 2. The van der Waals surface area contributed by atoms with E-state index in [4.69, 9.17) is 0 Å². The quantitative estimate of drug-likeness (QED) is 0.642. The second-order valence-corrected chi connectivity index (χ2v) is 3.82. The lowest BCUT2D eigenvalue weighted by molar-refractivity contribution is 0.0953. The Balaban J connectivity index is 1.91. The Bertz CT molecular complexity index is 517. The number of aromatic nitrogens is 2. The molecule has 0 aliphatic carbocycles. The predicted molar refractivity (Wildman–Crippen MR) is 64.4 cm³/mol. The van der Waals surface area contributed by atoms with Crippen LogP contribution >= 0.6 is 0 Å². The van der Waals surface area contributed by atoms with Gasteiger partial charge in [0.05, 0.1) is 6.33 Å². The number of imidazole rings is 1. The number of phenolic OH excluding ortho intramolecular Hbond substituents is 2. The van der Waals surface area contributed by atoms with Gasteiger partial charge in [-0.25, -0.2) is 4.98 Å². The van der Waals surface area contributed by atoms with Crippen molar-refractivity contribution in [2.45, 2.75) is 6.42 Å². The second-order valence-electron chi connectivity index (χ2n) is 3.82. The van der Waals surface area contributed by atoms with E-state index >= 15 is 0 Å². The number of carbonyl (C=O) groups excluding carboxylic acids is 1. The Hall–Kier alpha value is -2.50. The summed E-state index contributed by atoms with van der Waals surface area (Å²) in [7, 11) is 0. The van der Waals surface area contributed by atoms with Gasteiger partial charge in [-0.05, 0) is 12.1 Å². The molecule has 2 rings (SSSR count). The third-order valence-corrected chi connectivity index (χ3v) is 2.40. The molecule has 0 atom stereocenters. The number of amides is 1. The van der Waals surface area contributed by atoms with Gasteiger partial charge in [-0.15, -0.1) is 0 Å². The van der Waals surface area contributed by atoms with Gasteiger partial charge in [0.2, 0.25) is 0 Å². The zero-order chi connectivity index (χ0) is 13.0. The Morgan fingerprint density at radius 1 is 1.28 bits per heavy atom. The van der Waals surface area contributed by atoms with E-state index in [0.29, 0.717) is 13.0 Å². The molecule has 18 heavy (non-hydrogen) atoms. The minimum absolute atomic E-state index is 0.145. The lowest BCUT2D eigenvalue weighted by atomic mass is 10.2. The van der Waals surface area contributed by atoms with Gasteiger partial charge in [0.15, 0.2) is 0 Å². The van der Waals surface area contributed by atoms with Gasteiger partial charge in [-0.2, -0.15) is 0 Å². The highest BCUT2D eigenvalue weighted by atomic mass is 16.3. The van der Waals surface area contributed by atoms with Crippen molar-refractivity contribution in [1.82, 2.24) is 15.3 Å². The molecule has 94 valence electrons. The lowest BCUT2D eigenvalue weighted by Crippen LogP contribution is -2.25. The van der Waals surface area contributed by atoms with Gasteiger partial charge in [0.25, 0.3) is 5.91 Å². The zero-order valence-corrected chi connectivity index (χ0v) is 9.55. The summed E-state index contributed by atoms with van der Waals surface area (Å²) >= 11 is 0. The van der Waals surface area contributed by atoms with Crippen LogP contribution in [-0.2, 0) is 6.42 Å². The van der Waals surface area contributed by atoms with Crippen LogP contribution < -0.4 is 5.32 Å². The van der Waals surface area contributed by atoms with Crippen LogP contribution in [0.2, 0.25) is 0 Å². The van der Waals surface area contributed by atoms with Gasteiger partial charge in [0.1, 0.15) is 11.5 Å². The molecule has 0 aliphatic heterocycles. The molecule has 1 aromatic heterocycles. The van der Waals surface area contributed by atoms with Crippen molar-refractivity contribution >= 4 is 5.91 Å². The molecule has 0 bridgehead atoms. The Morgan fingerprint density at radius 2 is 2.00 bits per heavy atom. The summed E-state index contributed by atoms with van der Waals surface area (Å²) in [6.45, 7) is 0.442. The predicted octanol–water partition coefficient (Wildman–Crippen LogP) is 0.793. The highest BCUT2D eigenvalue weighted by molar-refractivity contribution is 5.95. The van der Waals surface area contributed by atoms with E-state index in [1.807, 2.05) is 0 Å². The number of benzene rings is 1. The van der Waals surface area contributed by atoms with Crippen molar-refractivity contribution in [2.24, 2.45) is 0 Å². The largest absolute Gasteiger partial charge is 0.508 e. The van der Waals surface area contributed by atoms with Gasteiger partial charge in [-0.1, -0.05) is 0 Å². The van der Waals surface area contributed by atoms with E-state index in [1.165, 1.54) is 18.2 Å². The molecule has 0 fully saturated rings. The van der Waals surface area contributed by atoms with Crippen LogP contribution in [-0.4, -0.2) is 32.6 Å². The SMILES string of the molecule is O=C(NCCc1cnc[nH]1)c1cc(O)cc(O)c1. The fraction of sp³-hybridized carbons (Fsp3) is 0.167. The van der Waals surface area contributed by atoms with Gasteiger partial charge < -0.3 is 20.5 Å². The molecule has 1 aromatic carbocycles. The molecule has 0 unspecified atom stereocenters. The van der Waals surface area contributed by atoms with Crippen molar-refractivity contribution in [3.63, 3.8) is 0 Å². The first kappa shape index (κ1) is 12.0. The maximum atomic E-state index is 11.7. The van der Waals surface area contributed by atoms with Gasteiger partial charge in [-0.3, -0.25) is 4.79 Å². The number of nitrogens with zero attached hydrogens (tertiary/aromatic N) is 1. The van der Waals surface area contributed by atoms with Crippen molar-refractivity contribution in [3.8, 4) is 11.5 Å². The maximum absolute atomic E-state index is 11.7. The number of aromatic amines is 1. The van der Waals surface area contributed by atoms with E-state index in [1.54, 1.807) is 12.5 Å². The molecule has 0 spiro atoms. The van der Waals surface area contributed by atoms with Crippen LogP contribution in [0.5, 0.6) is 11.5 Å². The van der Waals surface area contributed by atoms with Crippen LogP contribution in [0.4, 0.5) is 0 Å². The summed E-state index contributed by atoms with van der Waals surface area (Å²) in [5.74, 6) is -0.636. The van der Waals surface area contributed by atoms with Crippen LogP contribution in [0.1, 0.15) is 16.1 Å². The minimum Gasteiger partial charge on any atom is -0.508 e. The van der Waals surface area contributed by atoms with Gasteiger partial charge in [0, 0.05) is 36.5 Å². The molecule has 1 amide bonds. The average Bonchev–Trinajstić information content (AvgIpc) is 2.80. The molecular formula is C12H13N3O3. The number of hydrogen-bond acceptors (Lipinski definition) is 4. The average molecular weight is 247 g/mol. The molecule has 0 aliphatic rings. The molecule has 0 radical (unpaired) electrons. The lowest BCUT2D eigenvalue weighted by Gasteiger charge is -2.05. The summed E-state index contributed by atoms with van der Waals surface area (Å²) in [6, 6.07) is 3.76. The topological polar surface area (TPSA) is 98.2 Å². The van der Waals surface area contributed by atoms with E-state index in [-0.39, 0.29) is 23.0 Å². The molecule has 0 saturated heterocycles. The number of carbonyl (C=O) groups is 1. The fourth-order valence-corrected chi connectivity index (χ4v) is 1.56. The smallest absolute Gasteiger partial charge is 0.251 e. The Morgan fingerprint density at radius 3 is 2.61 bits per heavy atom. The zero-order valence-electron chi connectivity index (χ0n) is 9.55. The second kappa shape index (κ2) is 5.22. The molecule has 6 nitrogen and oxygen atoms in total. The Kier molecular flexibility index (Phi) is 3.47. The summed E-state index contributed by atoms with van der Waals surface area (Å²) < 4.78 is 0. The van der Waals surface area contributed by atoms with Crippen LogP contribution in [0.3, 0.4) is 0 Å². The van der Waals surface area contributed by atoms with Crippen LogP contribution in [0.25, 0.3) is 0 Å². The molecule has 2 aromatic rings. The summed E-state index contributed by atoms with van der Waals surface area (Å²) in [4.78, 5) is 18.5. The van der Waals surface area contributed by atoms with Crippen LogP contribution in [0.15, 0.2) is 30.7 Å². The highest BCUT2D eigenvalue weighted by Crippen LogP contribution is 2.20. The normalized spacial score (nSPS) is 10.2. The third kappa shape index (κ3) is 3.00. The van der Waals surface area contributed by atoms with Crippen molar-refractivity contribution in [3.05, 3.63) is 42.0 Å². The minimum atomic E-state index is -0.347. The summed E-state index contributed by atoms with van der Waals surface area (Å²) in [6.07, 6.45) is 3.90. The van der Waals surface area contributed by atoms with Crippen LogP contribution in [0, 0.1) is 0 Å². The monoisotopic (exact) mass is 247 g/mol. The van der Waals surface area contributed by atoms with E-state index in [2.05, 4.69) is 15.3 Å². The number of nitrogens with one attached hydrogen (secondary N) is 2. The third-order valence-electron chi connectivity index (χ3n) is 2.40. The summed E-state index contributed by atoms with van der Waals surface area (Å²) in [5.41, 5.74) is 1.14. The van der Waals surface area contributed by atoms with Crippen molar-refractivity contribution < 1.29 is 15.0 Å². The number of H-pyrrole nitrogens is 1. The summed E-state index contributed by atoms with van der Waals surface area (Å²) in [5, 5.41) is 21.2. The van der Waals surface area contributed by atoms with Gasteiger partial charge >= 0.3 is 0 Å². The van der Waals surface area contributed by atoms with E-state index < -0.39 is 0 Å². The molecule has 6 heteroatoms.